The fraction of sp³-hybridized carbons (Fsp3) is 0.435. The molecular formula is C23H28N2O. The van der Waals surface area contributed by atoms with E-state index in [2.05, 4.69) is 22.1 Å². The van der Waals surface area contributed by atoms with Crippen LogP contribution in [0.4, 0.5) is 0 Å². The van der Waals surface area contributed by atoms with E-state index >= 15 is 0 Å². The fourth-order valence-corrected chi connectivity index (χ4v) is 4.05. The molecule has 1 fully saturated rings. The molecular weight excluding hydrogens is 320 g/mol. The number of imidazole rings is 1. The largest absolute Gasteiger partial charge is 0.426 e. The van der Waals surface area contributed by atoms with Crippen LogP contribution in [0.5, 0.6) is 11.8 Å². The van der Waals surface area contributed by atoms with Gasteiger partial charge in [-0.2, -0.15) is 4.98 Å². The summed E-state index contributed by atoms with van der Waals surface area (Å²) < 4.78 is 5.86. The Morgan fingerprint density at radius 1 is 0.923 bits per heavy atom. The van der Waals surface area contributed by atoms with Gasteiger partial charge >= 0.3 is 0 Å². The molecule has 1 aromatic heterocycles. The van der Waals surface area contributed by atoms with E-state index in [4.69, 9.17) is 4.74 Å². The van der Waals surface area contributed by atoms with Crippen LogP contribution in [0.25, 0.3) is 11.0 Å². The number of ether oxygens (including phenoxy) is 1. The van der Waals surface area contributed by atoms with Crippen LogP contribution in [0.2, 0.25) is 0 Å². The summed E-state index contributed by atoms with van der Waals surface area (Å²) >= 11 is 0. The number of nitrogens with zero attached hydrogens (tertiary/aromatic N) is 1. The van der Waals surface area contributed by atoms with Crippen molar-refractivity contribution in [2.45, 2.75) is 57.8 Å². The fourth-order valence-electron chi connectivity index (χ4n) is 4.05. The zero-order valence-electron chi connectivity index (χ0n) is 15.4. The Kier molecular flexibility index (Phi) is 5.53. The molecule has 1 aliphatic carbocycles. The molecule has 26 heavy (non-hydrogen) atoms. The van der Waals surface area contributed by atoms with Crippen LogP contribution in [0.15, 0.2) is 48.5 Å². The number of hydrogen-bond acceptors (Lipinski definition) is 2. The van der Waals surface area contributed by atoms with Gasteiger partial charge in [-0.15, -0.1) is 0 Å². The second-order valence-corrected chi connectivity index (χ2v) is 7.55. The Balaban J connectivity index is 1.25. The second kappa shape index (κ2) is 8.39. The first-order valence-electron chi connectivity index (χ1n) is 10.1. The van der Waals surface area contributed by atoms with Crippen molar-refractivity contribution in [3.8, 4) is 11.8 Å². The lowest BCUT2D eigenvalue weighted by Gasteiger charge is -2.21. The normalized spacial score (nSPS) is 15.4. The summed E-state index contributed by atoms with van der Waals surface area (Å²) in [5.41, 5.74) is 3.32. The molecule has 0 amide bonds. The number of aromatic amines is 1. The number of nitrogens with one attached hydrogen (secondary N) is 1. The third-order valence-electron chi connectivity index (χ3n) is 5.56. The van der Waals surface area contributed by atoms with Gasteiger partial charge in [0.1, 0.15) is 5.75 Å². The summed E-state index contributed by atoms with van der Waals surface area (Å²) in [6.45, 7) is 0. The number of aryl methyl sites for hydroxylation is 1. The average Bonchev–Trinajstić information content (AvgIpc) is 3.10. The van der Waals surface area contributed by atoms with Gasteiger partial charge in [0.15, 0.2) is 0 Å². The molecule has 0 unspecified atom stereocenters. The molecule has 0 spiro atoms. The summed E-state index contributed by atoms with van der Waals surface area (Å²) in [5, 5.41) is 0. The number of benzene rings is 2. The standard InChI is InChI=1S/C23H28N2O/c1-2-8-18(9-3-1)10-4-5-11-19-14-16-20(17-15-19)26-23-24-21-12-6-7-13-22(21)25-23/h6-7,12-18H,1-5,8-11H2,(H,24,25). The quantitative estimate of drug-likeness (QED) is 0.485. The maximum atomic E-state index is 5.86. The number of aromatic nitrogens is 2. The molecule has 3 heteroatoms. The van der Waals surface area contributed by atoms with E-state index in [0.717, 1.165) is 29.1 Å². The first-order valence-corrected chi connectivity index (χ1v) is 10.1. The minimum Gasteiger partial charge on any atom is -0.426 e. The van der Waals surface area contributed by atoms with Crippen molar-refractivity contribution in [1.29, 1.82) is 0 Å². The summed E-state index contributed by atoms with van der Waals surface area (Å²) in [5.74, 6) is 1.83. The molecule has 3 aromatic rings. The number of H-pyrrole nitrogens is 1. The van der Waals surface area contributed by atoms with E-state index in [1.54, 1.807) is 0 Å². The van der Waals surface area contributed by atoms with Gasteiger partial charge in [0.05, 0.1) is 11.0 Å². The van der Waals surface area contributed by atoms with Crippen molar-refractivity contribution in [3.63, 3.8) is 0 Å². The summed E-state index contributed by atoms with van der Waals surface area (Å²) in [4.78, 5) is 7.66. The smallest absolute Gasteiger partial charge is 0.300 e. The van der Waals surface area contributed by atoms with Crippen molar-refractivity contribution >= 4 is 11.0 Å². The minimum absolute atomic E-state index is 0.548. The Morgan fingerprint density at radius 3 is 2.54 bits per heavy atom. The van der Waals surface area contributed by atoms with E-state index in [1.807, 2.05) is 36.4 Å². The average molecular weight is 348 g/mol. The minimum atomic E-state index is 0.548. The van der Waals surface area contributed by atoms with E-state index < -0.39 is 0 Å². The predicted octanol–water partition coefficient (Wildman–Crippen LogP) is 6.65. The van der Waals surface area contributed by atoms with E-state index in [0.29, 0.717) is 6.01 Å². The summed E-state index contributed by atoms with van der Waals surface area (Å²) in [6, 6.07) is 17.0. The lowest BCUT2D eigenvalue weighted by molar-refractivity contribution is 0.330. The zero-order valence-corrected chi connectivity index (χ0v) is 15.4. The number of fused-ring (bicyclic) bond motifs is 1. The molecule has 0 atom stereocenters. The van der Waals surface area contributed by atoms with Gasteiger partial charge < -0.3 is 9.72 Å². The molecule has 4 rings (SSSR count). The molecule has 1 heterocycles. The van der Waals surface area contributed by atoms with Crippen molar-refractivity contribution in [2.75, 3.05) is 0 Å². The monoisotopic (exact) mass is 348 g/mol. The predicted molar refractivity (Wildman–Crippen MR) is 107 cm³/mol. The lowest BCUT2D eigenvalue weighted by Crippen LogP contribution is -2.05. The lowest BCUT2D eigenvalue weighted by atomic mass is 9.85. The number of unbranched alkanes of at least 4 members (excludes halogenated alkanes) is 1. The molecule has 3 nitrogen and oxygen atoms in total. The number of para-hydroxylation sites is 2. The first-order chi connectivity index (χ1) is 12.9. The van der Waals surface area contributed by atoms with Crippen LogP contribution >= 0.6 is 0 Å². The van der Waals surface area contributed by atoms with E-state index in [9.17, 15) is 0 Å². The third kappa shape index (κ3) is 4.46. The van der Waals surface area contributed by atoms with Gasteiger partial charge in [-0.1, -0.05) is 69.2 Å². The Hall–Kier alpha value is -2.29. The van der Waals surface area contributed by atoms with E-state index in [-0.39, 0.29) is 0 Å². The molecule has 1 aliphatic rings. The molecule has 0 radical (unpaired) electrons. The summed E-state index contributed by atoms with van der Waals surface area (Å²) in [7, 11) is 0. The van der Waals surface area contributed by atoms with Crippen LogP contribution < -0.4 is 4.74 Å². The van der Waals surface area contributed by atoms with Gasteiger partial charge in [0.2, 0.25) is 0 Å². The topological polar surface area (TPSA) is 37.9 Å². The third-order valence-corrected chi connectivity index (χ3v) is 5.56. The molecule has 0 aliphatic heterocycles. The highest BCUT2D eigenvalue weighted by molar-refractivity contribution is 5.75. The first kappa shape index (κ1) is 17.1. The van der Waals surface area contributed by atoms with Gasteiger partial charge in [0.25, 0.3) is 6.01 Å². The van der Waals surface area contributed by atoms with E-state index in [1.165, 1.54) is 56.9 Å². The van der Waals surface area contributed by atoms with Crippen molar-refractivity contribution in [2.24, 2.45) is 5.92 Å². The summed E-state index contributed by atoms with van der Waals surface area (Å²) in [6.07, 6.45) is 12.5. The Labute approximate surface area is 155 Å². The van der Waals surface area contributed by atoms with Crippen molar-refractivity contribution in [1.82, 2.24) is 9.97 Å². The van der Waals surface area contributed by atoms with Crippen LogP contribution in [0.3, 0.4) is 0 Å². The van der Waals surface area contributed by atoms with Crippen molar-refractivity contribution in [3.05, 3.63) is 54.1 Å². The van der Waals surface area contributed by atoms with Crippen LogP contribution in [0.1, 0.15) is 56.9 Å². The van der Waals surface area contributed by atoms with Gasteiger partial charge in [-0.3, -0.25) is 0 Å². The maximum absolute atomic E-state index is 5.86. The van der Waals surface area contributed by atoms with Crippen molar-refractivity contribution < 1.29 is 4.74 Å². The Morgan fingerprint density at radius 2 is 1.73 bits per heavy atom. The highest BCUT2D eigenvalue weighted by Gasteiger charge is 2.12. The van der Waals surface area contributed by atoms with Gasteiger partial charge in [-0.05, 0) is 48.6 Å². The highest BCUT2D eigenvalue weighted by Crippen LogP contribution is 2.28. The maximum Gasteiger partial charge on any atom is 0.300 e. The van der Waals surface area contributed by atoms with Crippen LogP contribution in [0, 0.1) is 5.92 Å². The number of rotatable bonds is 7. The van der Waals surface area contributed by atoms with Crippen LogP contribution in [-0.2, 0) is 6.42 Å². The molecule has 0 saturated heterocycles. The SMILES string of the molecule is c1ccc2[nH]c(Oc3ccc(CCCCC4CCCCC4)cc3)nc2c1. The zero-order chi connectivity index (χ0) is 17.6. The van der Waals surface area contributed by atoms with Crippen LogP contribution in [-0.4, -0.2) is 9.97 Å². The van der Waals surface area contributed by atoms with Gasteiger partial charge in [0, 0.05) is 0 Å². The molecule has 1 N–H and O–H groups in total. The molecule has 1 saturated carbocycles. The van der Waals surface area contributed by atoms with Gasteiger partial charge in [-0.25, -0.2) is 0 Å². The molecule has 0 bridgehead atoms. The Bertz CT molecular complexity index is 783. The molecule has 136 valence electrons. The number of hydrogen-bond donors (Lipinski definition) is 1. The highest BCUT2D eigenvalue weighted by atomic mass is 16.5. The second-order valence-electron chi connectivity index (χ2n) is 7.55. The molecule has 2 aromatic carbocycles.